The van der Waals surface area contributed by atoms with Crippen molar-refractivity contribution >= 4 is 40.5 Å². The molecule has 1 aliphatic carbocycles. The second-order valence-electron chi connectivity index (χ2n) is 7.35. The predicted octanol–water partition coefficient (Wildman–Crippen LogP) is 4.48. The third kappa shape index (κ3) is 4.98. The van der Waals surface area contributed by atoms with Crippen molar-refractivity contribution in [3.8, 4) is 11.8 Å². The highest BCUT2D eigenvalue weighted by Gasteiger charge is 2.29. The number of fused-ring (bicyclic) bond motifs is 1. The Morgan fingerprint density at radius 3 is 2.71 bits per heavy atom. The van der Waals surface area contributed by atoms with Crippen molar-refractivity contribution in [2.75, 3.05) is 24.3 Å². The number of nitrogens with zero attached hydrogens (tertiary/aromatic N) is 3. The van der Waals surface area contributed by atoms with E-state index in [9.17, 15) is 4.79 Å². The van der Waals surface area contributed by atoms with E-state index in [1.165, 1.54) is 0 Å². The zero-order valence-corrected chi connectivity index (χ0v) is 17.3. The smallest absolute Gasteiger partial charge is 0.228 e. The lowest BCUT2D eigenvalue weighted by Crippen LogP contribution is -2.14. The minimum atomic E-state index is 0.0314. The van der Waals surface area contributed by atoms with E-state index in [4.69, 9.17) is 10.00 Å². The van der Waals surface area contributed by atoms with Crippen LogP contribution in [0.5, 0.6) is 5.75 Å². The van der Waals surface area contributed by atoms with Gasteiger partial charge in [-0.3, -0.25) is 4.79 Å². The van der Waals surface area contributed by atoms with Gasteiger partial charge in [0.25, 0.3) is 0 Å². The minimum absolute atomic E-state index is 0.0314. The molecule has 0 saturated heterocycles. The topological polar surface area (TPSA) is 99.9 Å². The van der Waals surface area contributed by atoms with Crippen LogP contribution < -0.4 is 15.4 Å². The van der Waals surface area contributed by atoms with E-state index < -0.39 is 0 Å². The Kier molecular flexibility index (Phi) is 6.08. The van der Waals surface area contributed by atoms with Gasteiger partial charge in [-0.1, -0.05) is 24.3 Å². The molecule has 31 heavy (non-hydrogen) atoms. The number of amides is 1. The molecule has 1 fully saturated rings. The largest absolute Gasteiger partial charge is 0.493 e. The number of benzene rings is 1. The highest BCUT2D eigenvalue weighted by molar-refractivity contribution is 6.01. The SMILES string of the molecule is CNc1ncc(C=Cc2ccc(OCCC#N)cc2)c2cc(NC(=O)C3CC3)ncc12. The Bertz CT molecular complexity index is 1160. The number of carbonyl (C=O) groups is 1. The minimum Gasteiger partial charge on any atom is -0.493 e. The molecule has 1 saturated carbocycles. The molecular weight excluding hydrogens is 390 g/mol. The average molecular weight is 413 g/mol. The Hall–Kier alpha value is -3.92. The highest BCUT2D eigenvalue weighted by atomic mass is 16.5. The molecule has 1 aliphatic rings. The van der Waals surface area contributed by atoms with Crippen molar-refractivity contribution in [1.29, 1.82) is 5.26 Å². The maximum atomic E-state index is 12.1. The number of aromatic nitrogens is 2. The molecule has 0 atom stereocenters. The summed E-state index contributed by atoms with van der Waals surface area (Å²) in [7, 11) is 1.82. The lowest BCUT2D eigenvalue weighted by molar-refractivity contribution is -0.117. The van der Waals surface area contributed by atoms with Gasteiger partial charge in [-0.25, -0.2) is 9.97 Å². The van der Waals surface area contributed by atoms with E-state index in [1.807, 2.05) is 49.5 Å². The molecule has 0 bridgehead atoms. The Morgan fingerprint density at radius 1 is 1.19 bits per heavy atom. The first-order valence-electron chi connectivity index (χ1n) is 10.2. The van der Waals surface area contributed by atoms with Gasteiger partial charge in [-0.15, -0.1) is 0 Å². The van der Waals surface area contributed by atoms with Gasteiger partial charge in [0, 0.05) is 36.3 Å². The fourth-order valence-corrected chi connectivity index (χ4v) is 3.21. The van der Waals surface area contributed by atoms with Gasteiger partial charge in [-0.05, 0) is 42.0 Å². The van der Waals surface area contributed by atoms with Crippen LogP contribution in [0.25, 0.3) is 22.9 Å². The van der Waals surface area contributed by atoms with E-state index >= 15 is 0 Å². The lowest BCUT2D eigenvalue weighted by Gasteiger charge is -2.10. The van der Waals surface area contributed by atoms with Crippen molar-refractivity contribution in [2.24, 2.45) is 5.92 Å². The van der Waals surface area contributed by atoms with Gasteiger partial charge in [0.1, 0.15) is 24.0 Å². The number of hydrogen-bond acceptors (Lipinski definition) is 6. The molecular formula is C24H23N5O2. The molecule has 1 amide bonds. The predicted molar refractivity (Wildman–Crippen MR) is 122 cm³/mol. The molecule has 2 N–H and O–H groups in total. The van der Waals surface area contributed by atoms with Crippen LogP contribution in [0, 0.1) is 17.2 Å². The summed E-state index contributed by atoms with van der Waals surface area (Å²) in [5.41, 5.74) is 1.93. The number of rotatable bonds is 8. The normalized spacial score (nSPS) is 13.2. The summed E-state index contributed by atoms with van der Waals surface area (Å²) in [5.74, 6) is 2.17. The summed E-state index contributed by atoms with van der Waals surface area (Å²) in [6, 6.07) is 11.6. The summed E-state index contributed by atoms with van der Waals surface area (Å²) in [5, 5.41) is 16.4. The summed E-state index contributed by atoms with van der Waals surface area (Å²) >= 11 is 0. The van der Waals surface area contributed by atoms with E-state index in [0.29, 0.717) is 18.8 Å². The highest BCUT2D eigenvalue weighted by Crippen LogP contribution is 2.31. The van der Waals surface area contributed by atoms with Crippen molar-refractivity contribution in [3.05, 3.63) is 53.9 Å². The molecule has 0 aliphatic heterocycles. The van der Waals surface area contributed by atoms with Gasteiger partial charge in [0.05, 0.1) is 12.5 Å². The van der Waals surface area contributed by atoms with Gasteiger partial charge >= 0.3 is 0 Å². The zero-order valence-electron chi connectivity index (χ0n) is 17.3. The van der Waals surface area contributed by atoms with Crippen LogP contribution >= 0.6 is 0 Å². The van der Waals surface area contributed by atoms with Gasteiger partial charge in [0.15, 0.2) is 0 Å². The lowest BCUT2D eigenvalue weighted by atomic mass is 10.1. The number of ether oxygens (including phenoxy) is 1. The maximum Gasteiger partial charge on any atom is 0.228 e. The van der Waals surface area contributed by atoms with Gasteiger partial charge < -0.3 is 15.4 Å². The zero-order chi connectivity index (χ0) is 21.6. The van der Waals surface area contributed by atoms with E-state index in [0.717, 1.165) is 46.3 Å². The average Bonchev–Trinajstić information content (AvgIpc) is 3.64. The second kappa shape index (κ2) is 9.26. The third-order valence-corrected chi connectivity index (χ3v) is 5.06. The van der Waals surface area contributed by atoms with Crippen LogP contribution in [0.4, 0.5) is 11.6 Å². The van der Waals surface area contributed by atoms with Crippen LogP contribution in [0.3, 0.4) is 0 Å². The van der Waals surface area contributed by atoms with Crippen molar-refractivity contribution in [1.82, 2.24) is 9.97 Å². The molecule has 7 heteroatoms. The summed E-state index contributed by atoms with van der Waals surface area (Å²) in [6.07, 6.45) is 9.79. The monoisotopic (exact) mass is 413 g/mol. The fraction of sp³-hybridized carbons (Fsp3) is 0.250. The summed E-state index contributed by atoms with van der Waals surface area (Å²) in [6.45, 7) is 0.384. The first kappa shape index (κ1) is 20.4. The Balaban J connectivity index is 1.58. The quantitative estimate of drug-likeness (QED) is 0.528. The van der Waals surface area contributed by atoms with Crippen LogP contribution in [-0.4, -0.2) is 29.5 Å². The first-order valence-corrected chi connectivity index (χ1v) is 10.2. The number of anilines is 2. The van der Waals surface area contributed by atoms with Crippen molar-refractivity contribution in [3.63, 3.8) is 0 Å². The van der Waals surface area contributed by atoms with E-state index in [-0.39, 0.29) is 11.8 Å². The number of nitriles is 1. The van der Waals surface area contributed by atoms with Crippen molar-refractivity contribution < 1.29 is 9.53 Å². The molecule has 2 aromatic heterocycles. The molecule has 0 radical (unpaired) electrons. The van der Waals surface area contributed by atoms with Crippen LogP contribution in [0.2, 0.25) is 0 Å². The second-order valence-corrected chi connectivity index (χ2v) is 7.35. The number of nitrogens with one attached hydrogen (secondary N) is 2. The summed E-state index contributed by atoms with van der Waals surface area (Å²) < 4.78 is 5.51. The maximum absolute atomic E-state index is 12.1. The third-order valence-electron chi connectivity index (χ3n) is 5.06. The van der Waals surface area contributed by atoms with Gasteiger partial charge in [0.2, 0.25) is 5.91 Å². The standard InChI is InChI=1S/C24H23N5O2/c1-26-23-21-15-27-22(29-24(30)17-7-8-17)13-20(21)18(14-28-23)6-3-16-4-9-19(10-5-16)31-12-2-11-25/h3-6,9-10,13-15,17H,2,7-8,12H2,1H3,(H,26,28)(H,27,29,30). The van der Waals surface area contributed by atoms with E-state index in [1.54, 1.807) is 12.4 Å². The molecule has 7 nitrogen and oxygen atoms in total. The molecule has 3 aromatic rings. The number of pyridine rings is 2. The summed E-state index contributed by atoms with van der Waals surface area (Å²) in [4.78, 5) is 21.0. The molecule has 0 spiro atoms. The van der Waals surface area contributed by atoms with Crippen LogP contribution in [-0.2, 0) is 4.79 Å². The number of hydrogen-bond donors (Lipinski definition) is 2. The van der Waals surface area contributed by atoms with Crippen molar-refractivity contribution in [2.45, 2.75) is 19.3 Å². The Morgan fingerprint density at radius 2 is 2.00 bits per heavy atom. The van der Waals surface area contributed by atoms with Crippen LogP contribution in [0.15, 0.2) is 42.7 Å². The molecule has 2 heterocycles. The molecule has 156 valence electrons. The van der Waals surface area contributed by atoms with E-state index in [2.05, 4.69) is 26.7 Å². The molecule has 1 aromatic carbocycles. The fourth-order valence-electron chi connectivity index (χ4n) is 3.21. The van der Waals surface area contributed by atoms with Crippen LogP contribution in [0.1, 0.15) is 30.4 Å². The van der Waals surface area contributed by atoms with Gasteiger partial charge in [-0.2, -0.15) is 5.26 Å². The Labute approximate surface area is 180 Å². The number of carbonyl (C=O) groups excluding carboxylic acids is 1. The molecule has 0 unspecified atom stereocenters. The molecule has 4 rings (SSSR count). The first-order chi connectivity index (χ1) is 15.2.